The number of rotatable bonds is 5. The molecule has 1 aliphatic heterocycles. The first-order valence-electron chi connectivity index (χ1n) is 8.54. The van der Waals surface area contributed by atoms with Gasteiger partial charge in [0.1, 0.15) is 5.75 Å². The molecule has 1 aliphatic rings. The molecular weight excluding hydrogens is 379 g/mol. The van der Waals surface area contributed by atoms with Crippen molar-refractivity contribution in [2.75, 3.05) is 26.2 Å². The van der Waals surface area contributed by atoms with Crippen LogP contribution in [-0.2, 0) is 17.8 Å². The maximum absolute atomic E-state index is 12.4. The molecular formula is C18H20F3N3O2S. The van der Waals surface area contributed by atoms with Crippen LogP contribution in [-0.4, -0.2) is 53.2 Å². The number of carbonyl (C=O) groups is 1. The first kappa shape index (κ1) is 19.6. The summed E-state index contributed by atoms with van der Waals surface area (Å²) >= 11 is 1.54. The van der Waals surface area contributed by atoms with Gasteiger partial charge in [0.2, 0.25) is 5.91 Å². The van der Waals surface area contributed by atoms with Crippen LogP contribution in [0.2, 0.25) is 0 Å². The molecule has 0 N–H and O–H groups in total. The zero-order chi connectivity index (χ0) is 19.4. The maximum Gasteiger partial charge on any atom is 0.573 e. The molecule has 1 fully saturated rings. The Hall–Kier alpha value is -2.13. The summed E-state index contributed by atoms with van der Waals surface area (Å²) in [7, 11) is 0. The molecule has 0 spiro atoms. The average molecular weight is 399 g/mol. The zero-order valence-electron chi connectivity index (χ0n) is 14.8. The number of piperazine rings is 1. The summed E-state index contributed by atoms with van der Waals surface area (Å²) in [6, 6.07) is 5.89. The summed E-state index contributed by atoms with van der Waals surface area (Å²) in [5.74, 6) is -0.146. The third-order valence-corrected chi connectivity index (χ3v) is 5.11. The molecule has 9 heteroatoms. The number of hydrogen-bond acceptors (Lipinski definition) is 5. The van der Waals surface area contributed by atoms with Crippen LogP contribution in [0.25, 0.3) is 0 Å². The monoisotopic (exact) mass is 399 g/mol. The molecule has 1 aromatic carbocycles. The molecule has 27 heavy (non-hydrogen) atoms. The Kier molecular flexibility index (Phi) is 6.01. The van der Waals surface area contributed by atoms with Crippen LogP contribution in [0.5, 0.6) is 5.75 Å². The molecule has 0 atom stereocenters. The Bertz CT molecular complexity index is 769. The zero-order valence-corrected chi connectivity index (χ0v) is 15.6. The summed E-state index contributed by atoms with van der Waals surface area (Å²) in [4.78, 5) is 20.7. The second kappa shape index (κ2) is 8.26. The number of halogens is 3. The third-order valence-electron chi connectivity index (χ3n) is 4.29. The number of nitrogens with zero attached hydrogens (tertiary/aromatic N) is 3. The summed E-state index contributed by atoms with van der Waals surface area (Å²) < 4.78 is 40.4. The van der Waals surface area contributed by atoms with Crippen LogP contribution >= 0.6 is 11.3 Å². The van der Waals surface area contributed by atoms with E-state index < -0.39 is 6.36 Å². The van der Waals surface area contributed by atoms with Gasteiger partial charge in [0.25, 0.3) is 0 Å². The van der Waals surface area contributed by atoms with Crippen molar-refractivity contribution < 1.29 is 22.7 Å². The lowest BCUT2D eigenvalue weighted by Crippen LogP contribution is -2.48. The van der Waals surface area contributed by atoms with E-state index in [2.05, 4.69) is 14.6 Å². The third kappa shape index (κ3) is 5.93. The predicted octanol–water partition coefficient (Wildman–Crippen LogP) is 3.24. The van der Waals surface area contributed by atoms with Gasteiger partial charge in [-0.25, -0.2) is 4.98 Å². The normalized spacial score (nSPS) is 15.8. The van der Waals surface area contributed by atoms with Crippen LogP contribution in [0.3, 0.4) is 0 Å². The van der Waals surface area contributed by atoms with Gasteiger partial charge in [-0.3, -0.25) is 9.69 Å². The highest BCUT2D eigenvalue weighted by Crippen LogP contribution is 2.23. The Balaban J connectivity index is 1.45. The van der Waals surface area contributed by atoms with Gasteiger partial charge in [0, 0.05) is 38.1 Å². The number of aryl methyl sites for hydroxylation is 1. The van der Waals surface area contributed by atoms with E-state index in [1.807, 2.05) is 17.2 Å². The van der Waals surface area contributed by atoms with Crippen molar-refractivity contribution in [3.8, 4) is 5.75 Å². The first-order valence-corrected chi connectivity index (χ1v) is 9.42. The molecule has 0 bridgehead atoms. The van der Waals surface area contributed by atoms with Crippen molar-refractivity contribution in [2.45, 2.75) is 26.3 Å². The lowest BCUT2D eigenvalue weighted by Gasteiger charge is -2.34. The minimum absolute atomic E-state index is 0.0774. The van der Waals surface area contributed by atoms with Gasteiger partial charge in [-0.2, -0.15) is 0 Å². The molecule has 5 nitrogen and oxygen atoms in total. The summed E-state index contributed by atoms with van der Waals surface area (Å²) in [6.07, 6.45) is -4.35. The standard InChI is InChI=1S/C18H20F3N3O2S/c1-13-22-15(12-27-13)10-17(25)24-8-6-23(7-9-24)11-14-2-4-16(5-3-14)26-18(19,20)21/h2-5,12H,6-11H2,1H3. The fourth-order valence-electron chi connectivity index (χ4n) is 2.97. The maximum atomic E-state index is 12.4. The lowest BCUT2D eigenvalue weighted by atomic mass is 10.2. The van der Waals surface area contributed by atoms with E-state index in [1.165, 1.54) is 23.5 Å². The van der Waals surface area contributed by atoms with E-state index in [0.29, 0.717) is 26.1 Å². The van der Waals surface area contributed by atoms with Crippen LogP contribution in [0.15, 0.2) is 29.6 Å². The predicted molar refractivity (Wildman–Crippen MR) is 95.5 cm³/mol. The molecule has 0 saturated carbocycles. The molecule has 1 saturated heterocycles. The Morgan fingerprint density at radius 1 is 1.19 bits per heavy atom. The van der Waals surface area contributed by atoms with Gasteiger partial charge in [0.05, 0.1) is 17.1 Å². The highest BCUT2D eigenvalue weighted by Gasteiger charge is 2.31. The van der Waals surface area contributed by atoms with Crippen molar-refractivity contribution in [3.05, 3.63) is 45.9 Å². The van der Waals surface area contributed by atoms with Gasteiger partial charge >= 0.3 is 6.36 Å². The highest BCUT2D eigenvalue weighted by molar-refractivity contribution is 7.09. The molecule has 0 aliphatic carbocycles. The fourth-order valence-corrected chi connectivity index (χ4v) is 3.58. The van der Waals surface area contributed by atoms with Gasteiger partial charge < -0.3 is 9.64 Å². The average Bonchev–Trinajstić information content (AvgIpc) is 3.01. The van der Waals surface area contributed by atoms with Gasteiger partial charge in [-0.05, 0) is 24.6 Å². The van der Waals surface area contributed by atoms with Crippen LogP contribution in [0, 0.1) is 6.92 Å². The van der Waals surface area contributed by atoms with Crippen molar-refractivity contribution in [1.29, 1.82) is 0 Å². The smallest absolute Gasteiger partial charge is 0.406 e. The molecule has 2 heterocycles. The Morgan fingerprint density at radius 2 is 1.85 bits per heavy atom. The summed E-state index contributed by atoms with van der Waals surface area (Å²) in [6.45, 7) is 5.26. The van der Waals surface area contributed by atoms with Crippen molar-refractivity contribution in [1.82, 2.24) is 14.8 Å². The largest absolute Gasteiger partial charge is 0.573 e. The molecule has 0 unspecified atom stereocenters. The molecule has 1 amide bonds. The van der Waals surface area contributed by atoms with E-state index in [4.69, 9.17) is 0 Å². The number of ether oxygens (including phenoxy) is 1. The Morgan fingerprint density at radius 3 is 2.41 bits per heavy atom. The van der Waals surface area contributed by atoms with E-state index >= 15 is 0 Å². The number of carbonyl (C=O) groups excluding carboxylic acids is 1. The Labute approximate surface area is 159 Å². The van der Waals surface area contributed by atoms with E-state index in [-0.39, 0.29) is 11.7 Å². The van der Waals surface area contributed by atoms with E-state index in [0.717, 1.165) is 29.4 Å². The molecule has 3 rings (SSSR count). The number of alkyl halides is 3. The summed E-state index contributed by atoms with van der Waals surface area (Å²) in [5.41, 5.74) is 1.72. The number of thiazole rings is 1. The summed E-state index contributed by atoms with van der Waals surface area (Å²) in [5, 5.41) is 2.87. The minimum atomic E-state index is -4.68. The number of aromatic nitrogens is 1. The van der Waals surface area contributed by atoms with Crippen LogP contribution in [0.1, 0.15) is 16.3 Å². The van der Waals surface area contributed by atoms with Crippen molar-refractivity contribution in [2.24, 2.45) is 0 Å². The molecule has 2 aromatic rings. The van der Waals surface area contributed by atoms with Crippen LogP contribution in [0.4, 0.5) is 13.2 Å². The fraction of sp³-hybridized carbons (Fsp3) is 0.444. The molecule has 1 aromatic heterocycles. The van der Waals surface area contributed by atoms with Crippen LogP contribution < -0.4 is 4.74 Å². The second-order valence-corrected chi connectivity index (χ2v) is 7.45. The van der Waals surface area contributed by atoms with Crippen molar-refractivity contribution >= 4 is 17.2 Å². The van der Waals surface area contributed by atoms with E-state index in [9.17, 15) is 18.0 Å². The van der Waals surface area contributed by atoms with Gasteiger partial charge in [0.15, 0.2) is 0 Å². The molecule has 0 radical (unpaired) electrons. The van der Waals surface area contributed by atoms with Gasteiger partial charge in [-0.1, -0.05) is 12.1 Å². The lowest BCUT2D eigenvalue weighted by molar-refractivity contribution is -0.274. The number of amides is 1. The number of hydrogen-bond donors (Lipinski definition) is 0. The SMILES string of the molecule is Cc1nc(CC(=O)N2CCN(Cc3ccc(OC(F)(F)F)cc3)CC2)cs1. The van der Waals surface area contributed by atoms with Crippen molar-refractivity contribution in [3.63, 3.8) is 0 Å². The highest BCUT2D eigenvalue weighted by atomic mass is 32.1. The topological polar surface area (TPSA) is 45.7 Å². The minimum Gasteiger partial charge on any atom is -0.406 e. The van der Waals surface area contributed by atoms with Gasteiger partial charge in [-0.15, -0.1) is 24.5 Å². The number of benzene rings is 1. The first-order chi connectivity index (χ1) is 12.8. The quantitative estimate of drug-likeness (QED) is 0.775. The van der Waals surface area contributed by atoms with E-state index in [1.54, 1.807) is 12.1 Å². The second-order valence-electron chi connectivity index (χ2n) is 6.38. The molecule has 146 valence electrons.